The smallest absolute Gasteiger partial charge is 0.319 e. The Morgan fingerprint density at radius 1 is 1.11 bits per heavy atom. The van der Waals surface area contributed by atoms with Crippen LogP contribution in [0.5, 0.6) is 0 Å². The molecule has 0 fully saturated rings. The molecule has 0 aromatic heterocycles. The second kappa shape index (κ2) is 13.5. The summed E-state index contributed by atoms with van der Waals surface area (Å²) in [6.07, 6.45) is 2.88. The summed E-state index contributed by atoms with van der Waals surface area (Å²) >= 11 is 3.23. The van der Waals surface area contributed by atoms with Crippen molar-refractivity contribution in [2.24, 2.45) is 5.41 Å². The van der Waals surface area contributed by atoms with Crippen LogP contribution in [0.1, 0.15) is 79.2 Å². The Morgan fingerprint density at radius 3 is 2.34 bits per heavy atom. The monoisotopic (exact) mass is 580 g/mol. The van der Waals surface area contributed by atoms with Gasteiger partial charge in [0, 0.05) is 12.2 Å². The molecule has 1 unspecified atom stereocenters. The van der Waals surface area contributed by atoms with E-state index >= 15 is 4.39 Å². The lowest BCUT2D eigenvalue weighted by Gasteiger charge is -2.36. The van der Waals surface area contributed by atoms with Crippen LogP contribution in [0.25, 0.3) is 0 Å². The molecule has 0 radical (unpaired) electrons. The summed E-state index contributed by atoms with van der Waals surface area (Å²) in [6.45, 7) is 11.0. The number of benzene rings is 1. The Labute approximate surface area is 219 Å². The van der Waals surface area contributed by atoms with Gasteiger partial charge in [0.2, 0.25) is 0 Å². The topological polar surface area (TPSA) is 89.9 Å². The van der Waals surface area contributed by atoms with Crippen molar-refractivity contribution in [2.75, 3.05) is 31.3 Å². The molecule has 6 nitrogen and oxygen atoms in total. The Hall–Kier alpha value is -1.03. The van der Waals surface area contributed by atoms with Crippen molar-refractivity contribution in [2.45, 2.75) is 84.7 Å². The van der Waals surface area contributed by atoms with E-state index in [1.54, 1.807) is 39.0 Å². The van der Waals surface area contributed by atoms with Crippen LogP contribution >= 0.6 is 15.9 Å². The highest BCUT2D eigenvalue weighted by Gasteiger charge is 2.46. The van der Waals surface area contributed by atoms with Gasteiger partial charge in [0.25, 0.3) is 0 Å². The van der Waals surface area contributed by atoms with Crippen LogP contribution in [0.4, 0.5) is 4.39 Å². The van der Waals surface area contributed by atoms with Crippen LogP contribution in [0, 0.1) is 11.2 Å². The number of ether oxygens (including phenoxy) is 2. The van der Waals surface area contributed by atoms with Gasteiger partial charge in [0.15, 0.2) is 9.84 Å². The summed E-state index contributed by atoms with van der Waals surface area (Å²) in [5.41, 5.74) is -2.57. The van der Waals surface area contributed by atoms with Crippen molar-refractivity contribution in [3.8, 4) is 0 Å². The number of hydrogen-bond donors (Lipinski definition) is 1. The lowest BCUT2D eigenvalue weighted by atomic mass is 9.74. The van der Waals surface area contributed by atoms with Gasteiger partial charge in [-0.25, -0.2) is 12.8 Å². The van der Waals surface area contributed by atoms with Crippen LogP contribution in [-0.2, 0) is 29.5 Å². The number of aliphatic hydroxyl groups is 1. The van der Waals surface area contributed by atoms with Gasteiger partial charge in [-0.3, -0.25) is 4.79 Å². The standard InChI is InChI=1S/C26H42BrFO6S/c1-7-8-16-33-18-26(23(30)34-24(2,3)4,20-11-9-12-21(27)22(20)28)14-10-13-25(5,6)19-35(31,32)17-15-29/h9,11-12,29H,7-8,10,13-19H2,1-6H3. The van der Waals surface area contributed by atoms with E-state index in [0.29, 0.717) is 19.4 Å². The summed E-state index contributed by atoms with van der Waals surface area (Å²) < 4.78 is 51.9. The third-order valence-corrected chi connectivity index (χ3v) is 8.36. The molecule has 0 aliphatic carbocycles. The first-order valence-corrected chi connectivity index (χ1v) is 14.8. The highest BCUT2D eigenvalue weighted by atomic mass is 79.9. The van der Waals surface area contributed by atoms with Crippen molar-refractivity contribution in [1.29, 1.82) is 0 Å². The first-order chi connectivity index (χ1) is 16.1. The molecule has 0 amide bonds. The van der Waals surface area contributed by atoms with Gasteiger partial charge < -0.3 is 14.6 Å². The van der Waals surface area contributed by atoms with Crippen molar-refractivity contribution in [3.63, 3.8) is 0 Å². The third kappa shape index (κ3) is 10.5. The average Bonchev–Trinajstić information content (AvgIpc) is 2.69. The lowest BCUT2D eigenvalue weighted by molar-refractivity contribution is -0.165. The fourth-order valence-corrected chi connectivity index (χ4v) is 6.17. The van der Waals surface area contributed by atoms with Crippen LogP contribution < -0.4 is 0 Å². The molecule has 0 aliphatic heterocycles. The molecule has 1 rings (SSSR count). The summed E-state index contributed by atoms with van der Waals surface area (Å²) in [7, 11) is -3.41. The maximum atomic E-state index is 15.4. The molecule has 35 heavy (non-hydrogen) atoms. The molecule has 0 saturated heterocycles. The highest BCUT2D eigenvalue weighted by molar-refractivity contribution is 9.10. The number of carbonyl (C=O) groups is 1. The third-order valence-electron chi connectivity index (χ3n) is 5.72. The molecule has 0 heterocycles. The second-order valence-corrected chi connectivity index (χ2v) is 14.0. The Balaban J connectivity index is 3.36. The minimum Gasteiger partial charge on any atom is -0.459 e. The molecule has 9 heteroatoms. The van der Waals surface area contributed by atoms with E-state index in [0.717, 1.165) is 12.8 Å². The summed E-state index contributed by atoms with van der Waals surface area (Å²) in [4.78, 5) is 13.7. The largest absolute Gasteiger partial charge is 0.459 e. The van der Waals surface area contributed by atoms with E-state index in [2.05, 4.69) is 15.9 Å². The Bertz CT molecular complexity index is 926. The predicted molar refractivity (Wildman–Crippen MR) is 141 cm³/mol. The van der Waals surface area contributed by atoms with Gasteiger partial charge >= 0.3 is 5.97 Å². The van der Waals surface area contributed by atoms with Gasteiger partial charge in [-0.15, -0.1) is 0 Å². The molecule has 1 atom stereocenters. The maximum Gasteiger partial charge on any atom is 0.319 e. The summed E-state index contributed by atoms with van der Waals surface area (Å²) in [5.74, 6) is -1.48. The zero-order valence-electron chi connectivity index (χ0n) is 22.0. The minimum absolute atomic E-state index is 0.0431. The molecule has 0 spiro atoms. The van der Waals surface area contributed by atoms with Crippen LogP contribution in [0.3, 0.4) is 0 Å². The molecular formula is C26H42BrFO6S. The van der Waals surface area contributed by atoms with Gasteiger partial charge in [-0.1, -0.05) is 45.7 Å². The highest BCUT2D eigenvalue weighted by Crippen LogP contribution is 2.39. The lowest BCUT2D eigenvalue weighted by Crippen LogP contribution is -2.46. The molecule has 0 saturated carbocycles. The fraction of sp³-hybridized carbons (Fsp3) is 0.731. The fourth-order valence-electron chi connectivity index (χ4n) is 4.04. The SMILES string of the molecule is CCCCOCC(CCCC(C)(C)CS(=O)(=O)CCO)(C(=O)OC(C)(C)C)c1cccc(Br)c1F. The normalized spacial score (nSPS) is 14.5. The van der Waals surface area contributed by atoms with Crippen molar-refractivity contribution in [1.82, 2.24) is 0 Å². The minimum atomic E-state index is -3.41. The molecule has 1 N–H and O–H groups in total. The number of hydrogen-bond acceptors (Lipinski definition) is 6. The number of esters is 1. The van der Waals surface area contributed by atoms with E-state index in [1.807, 2.05) is 20.8 Å². The molecule has 0 bridgehead atoms. The summed E-state index contributed by atoms with van der Waals surface area (Å²) in [6, 6.07) is 4.84. The van der Waals surface area contributed by atoms with Crippen molar-refractivity contribution >= 4 is 31.7 Å². The second-order valence-electron chi connectivity index (χ2n) is 10.9. The van der Waals surface area contributed by atoms with Gasteiger partial charge in [0.1, 0.15) is 16.8 Å². The van der Waals surface area contributed by atoms with Crippen molar-refractivity contribution < 1.29 is 32.2 Å². The molecule has 0 aliphatic rings. The van der Waals surface area contributed by atoms with E-state index in [-0.39, 0.29) is 34.6 Å². The van der Waals surface area contributed by atoms with Gasteiger partial charge in [-0.05, 0) is 67.4 Å². The first kappa shape index (κ1) is 32.0. The van der Waals surface area contributed by atoms with E-state index < -0.39 is 44.7 Å². The zero-order valence-corrected chi connectivity index (χ0v) is 24.4. The zero-order chi connectivity index (χ0) is 26.9. The average molecular weight is 582 g/mol. The van der Waals surface area contributed by atoms with E-state index in [1.165, 1.54) is 0 Å². The molecule has 1 aromatic carbocycles. The predicted octanol–water partition coefficient (Wildman–Crippen LogP) is 5.59. The number of carbonyl (C=O) groups excluding carboxylic acids is 1. The Morgan fingerprint density at radius 2 is 1.77 bits per heavy atom. The number of halogens is 2. The van der Waals surface area contributed by atoms with E-state index in [9.17, 15) is 13.2 Å². The molecular weight excluding hydrogens is 539 g/mol. The van der Waals surface area contributed by atoms with Crippen LogP contribution in [-0.4, -0.2) is 56.4 Å². The van der Waals surface area contributed by atoms with E-state index in [4.69, 9.17) is 14.6 Å². The maximum absolute atomic E-state index is 15.4. The Kier molecular flexibility index (Phi) is 12.3. The summed E-state index contributed by atoms with van der Waals surface area (Å²) in [5, 5.41) is 9.05. The number of unbranched alkanes of at least 4 members (excludes halogenated alkanes) is 1. The van der Waals surface area contributed by atoms with Gasteiger partial charge in [-0.2, -0.15) is 0 Å². The van der Waals surface area contributed by atoms with Crippen LogP contribution in [0.15, 0.2) is 22.7 Å². The molecule has 202 valence electrons. The quantitative estimate of drug-likeness (QED) is 0.215. The number of aliphatic hydroxyl groups excluding tert-OH is 1. The number of rotatable bonds is 15. The number of sulfone groups is 1. The van der Waals surface area contributed by atoms with Crippen LogP contribution in [0.2, 0.25) is 0 Å². The van der Waals surface area contributed by atoms with Gasteiger partial charge in [0.05, 0.1) is 29.2 Å². The van der Waals surface area contributed by atoms with Crippen molar-refractivity contribution in [3.05, 3.63) is 34.1 Å². The first-order valence-electron chi connectivity index (χ1n) is 12.2. The molecule has 1 aromatic rings.